The summed E-state index contributed by atoms with van der Waals surface area (Å²) >= 11 is 0. The highest BCUT2D eigenvalue weighted by molar-refractivity contribution is 5.96. The molecule has 1 aliphatic carbocycles. The molecule has 2 N–H and O–H groups in total. The molecule has 0 spiro atoms. The first-order valence-corrected chi connectivity index (χ1v) is 9.55. The van der Waals surface area contributed by atoms with E-state index in [9.17, 15) is 9.59 Å². The van der Waals surface area contributed by atoms with E-state index in [-0.39, 0.29) is 18.0 Å². The number of hydrogen-bond acceptors (Lipinski definition) is 4. The van der Waals surface area contributed by atoms with Gasteiger partial charge in [0, 0.05) is 30.3 Å². The number of fused-ring (bicyclic) bond motifs is 3. The van der Waals surface area contributed by atoms with Crippen LogP contribution in [0.5, 0.6) is 0 Å². The molecule has 1 fully saturated rings. The average Bonchev–Trinajstić information content (AvgIpc) is 3.13. The van der Waals surface area contributed by atoms with Crippen LogP contribution in [0, 0.1) is 0 Å². The number of nitrogens with zero attached hydrogens (tertiary/aromatic N) is 2. The number of rotatable bonds is 3. The molecule has 0 radical (unpaired) electrons. The zero-order valence-corrected chi connectivity index (χ0v) is 15.5. The number of hydrogen-bond donors (Lipinski definition) is 2. The molecule has 0 unspecified atom stereocenters. The third kappa shape index (κ3) is 3.41. The molecule has 27 heavy (non-hydrogen) atoms. The van der Waals surface area contributed by atoms with Gasteiger partial charge in [-0.1, -0.05) is 24.3 Å². The molecule has 1 aromatic heterocycles. The molecule has 2 aromatic rings. The molecule has 4 rings (SSSR count). The summed E-state index contributed by atoms with van der Waals surface area (Å²) in [6, 6.07) is 8.26. The van der Waals surface area contributed by atoms with Crippen molar-refractivity contribution < 1.29 is 14.3 Å². The summed E-state index contributed by atoms with van der Waals surface area (Å²) < 4.78 is 5.03. The molecule has 1 saturated heterocycles. The van der Waals surface area contributed by atoms with Crippen LogP contribution in [0.2, 0.25) is 0 Å². The minimum Gasteiger partial charge on any atom is -0.450 e. The van der Waals surface area contributed by atoms with Gasteiger partial charge in [-0.15, -0.1) is 0 Å². The second-order valence-corrected chi connectivity index (χ2v) is 7.02. The maximum atomic E-state index is 12.8. The number of carbonyl (C=O) groups excluding carboxylic acids is 2. The predicted octanol–water partition coefficient (Wildman–Crippen LogP) is 2.53. The molecule has 2 heterocycles. The van der Waals surface area contributed by atoms with Crippen LogP contribution in [-0.4, -0.2) is 52.8 Å². The van der Waals surface area contributed by atoms with Crippen LogP contribution in [0.25, 0.3) is 11.3 Å². The van der Waals surface area contributed by atoms with Crippen LogP contribution in [0.3, 0.4) is 0 Å². The molecule has 1 aliphatic heterocycles. The Labute approximate surface area is 158 Å². The van der Waals surface area contributed by atoms with E-state index in [2.05, 4.69) is 27.6 Å². The fourth-order valence-corrected chi connectivity index (χ4v) is 3.93. The Morgan fingerprint density at radius 2 is 2.04 bits per heavy atom. The first-order valence-electron chi connectivity index (χ1n) is 9.55. The van der Waals surface area contributed by atoms with Crippen molar-refractivity contribution in [2.45, 2.75) is 38.6 Å². The third-order valence-corrected chi connectivity index (χ3v) is 5.37. The Balaban J connectivity index is 1.41. The van der Waals surface area contributed by atoms with E-state index in [0.29, 0.717) is 25.4 Å². The maximum absolute atomic E-state index is 12.8. The summed E-state index contributed by atoms with van der Waals surface area (Å²) in [7, 11) is 0. The van der Waals surface area contributed by atoms with Gasteiger partial charge in [0.15, 0.2) is 0 Å². The van der Waals surface area contributed by atoms with E-state index in [4.69, 9.17) is 4.74 Å². The highest BCUT2D eigenvalue weighted by Crippen LogP contribution is 2.33. The standard InChI is InChI=1S/C20H24N4O3/c1-2-27-20(26)24-11-9-14(10-12-24)21-19(25)18-16-8-7-13-5-3-4-6-15(13)17(16)22-23-18/h3-6,14H,2,7-12H2,1H3,(H,21,25)(H,22,23). The Kier molecular flexibility index (Phi) is 4.83. The van der Waals surface area contributed by atoms with Gasteiger partial charge in [0.25, 0.3) is 5.91 Å². The second kappa shape index (κ2) is 7.42. The van der Waals surface area contributed by atoms with E-state index >= 15 is 0 Å². The molecule has 7 heteroatoms. The van der Waals surface area contributed by atoms with Crippen molar-refractivity contribution in [1.29, 1.82) is 0 Å². The Morgan fingerprint density at radius 1 is 1.26 bits per heavy atom. The van der Waals surface area contributed by atoms with Gasteiger partial charge in [-0.05, 0) is 38.2 Å². The number of H-pyrrole nitrogens is 1. The zero-order chi connectivity index (χ0) is 18.8. The third-order valence-electron chi connectivity index (χ3n) is 5.37. The molecule has 0 bridgehead atoms. The first kappa shape index (κ1) is 17.6. The first-order chi connectivity index (χ1) is 13.2. The largest absolute Gasteiger partial charge is 0.450 e. The van der Waals surface area contributed by atoms with Crippen molar-refractivity contribution >= 4 is 12.0 Å². The van der Waals surface area contributed by atoms with Crippen LogP contribution >= 0.6 is 0 Å². The number of likely N-dealkylation sites (tertiary alicyclic amines) is 1. The Bertz CT molecular complexity index is 853. The zero-order valence-electron chi connectivity index (χ0n) is 15.5. The van der Waals surface area contributed by atoms with Gasteiger partial charge in [-0.3, -0.25) is 9.89 Å². The molecule has 7 nitrogen and oxygen atoms in total. The number of carbonyl (C=O) groups is 2. The maximum Gasteiger partial charge on any atom is 0.409 e. The topological polar surface area (TPSA) is 87.3 Å². The van der Waals surface area contributed by atoms with Gasteiger partial charge < -0.3 is 15.0 Å². The van der Waals surface area contributed by atoms with Crippen LogP contribution in [0.15, 0.2) is 24.3 Å². The van der Waals surface area contributed by atoms with Crippen molar-refractivity contribution in [3.8, 4) is 11.3 Å². The number of amides is 2. The van der Waals surface area contributed by atoms with Crippen molar-refractivity contribution in [3.05, 3.63) is 41.1 Å². The van der Waals surface area contributed by atoms with Crippen molar-refractivity contribution in [2.24, 2.45) is 0 Å². The SMILES string of the molecule is CCOC(=O)N1CCC(NC(=O)c2[nH]nc3c2CCc2ccccc2-3)CC1. The van der Waals surface area contributed by atoms with Crippen molar-refractivity contribution in [2.75, 3.05) is 19.7 Å². The number of ether oxygens (including phenoxy) is 1. The van der Waals surface area contributed by atoms with Crippen LogP contribution in [0.4, 0.5) is 4.79 Å². The number of nitrogens with one attached hydrogen (secondary N) is 2. The number of aryl methyl sites for hydroxylation is 1. The normalized spacial score (nSPS) is 16.4. The molecule has 2 amide bonds. The highest BCUT2D eigenvalue weighted by atomic mass is 16.6. The van der Waals surface area contributed by atoms with Crippen LogP contribution < -0.4 is 5.32 Å². The molecule has 1 aromatic carbocycles. The van der Waals surface area contributed by atoms with Crippen LogP contribution in [-0.2, 0) is 17.6 Å². The fraction of sp³-hybridized carbons (Fsp3) is 0.450. The number of benzene rings is 1. The van der Waals surface area contributed by atoms with E-state index in [1.54, 1.807) is 11.8 Å². The highest BCUT2D eigenvalue weighted by Gasteiger charge is 2.28. The van der Waals surface area contributed by atoms with E-state index in [1.807, 2.05) is 12.1 Å². The molecular formula is C20H24N4O3. The van der Waals surface area contributed by atoms with E-state index in [1.165, 1.54) is 5.56 Å². The summed E-state index contributed by atoms with van der Waals surface area (Å²) in [5.74, 6) is -0.113. The van der Waals surface area contributed by atoms with Gasteiger partial charge in [-0.25, -0.2) is 4.79 Å². The molecule has 2 aliphatic rings. The molecule has 0 saturated carbocycles. The summed E-state index contributed by atoms with van der Waals surface area (Å²) in [6.07, 6.45) is 2.91. The van der Waals surface area contributed by atoms with Gasteiger partial charge in [0.2, 0.25) is 0 Å². The van der Waals surface area contributed by atoms with Crippen LogP contribution in [0.1, 0.15) is 41.4 Å². The Hall–Kier alpha value is -2.83. The lowest BCUT2D eigenvalue weighted by Crippen LogP contribution is -2.46. The minimum atomic E-state index is -0.274. The summed E-state index contributed by atoms with van der Waals surface area (Å²) in [4.78, 5) is 26.3. The predicted molar refractivity (Wildman–Crippen MR) is 101 cm³/mol. The quantitative estimate of drug-likeness (QED) is 0.871. The lowest BCUT2D eigenvalue weighted by molar-refractivity contribution is 0.0856. The molecule has 0 atom stereocenters. The fourth-order valence-electron chi connectivity index (χ4n) is 3.93. The monoisotopic (exact) mass is 368 g/mol. The van der Waals surface area contributed by atoms with E-state index in [0.717, 1.165) is 42.5 Å². The molecule has 142 valence electrons. The summed E-state index contributed by atoms with van der Waals surface area (Å²) in [5.41, 5.74) is 4.83. The smallest absolute Gasteiger partial charge is 0.409 e. The van der Waals surface area contributed by atoms with Gasteiger partial charge >= 0.3 is 6.09 Å². The Morgan fingerprint density at radius 3 is 2.81 bits per heavy atom. The number of aromatic amines is 1. The van der Waals surface area contributed by atoms with E-state index < -0.39 is 0 Å². The number of aromatic nitrogens is 2. The van der Waals surface area contributed by atoms with Gasteiger partial charge in [-0.2, -0.15) is 5.10 Å². The minimum absolute atomic E-state index is 0.0537. The van der Waals surface area contributed by atoms with Crippen molar-refractivity contribution in [1.82, 2.24) is 20.4 Å². The number of piperidine rings is 1. The lowest BCUT2D eigenvalue weighted by Gasteiger charge is -2.31. The molecular weight excluding hydrogens is 344 g/mol. The average molecular weight is 368 g/mol. The second-order valence-electron chi connectivity index (χ2n) is 7.02. The van der Waals surface area contributed by atoms with Gasteiger partial charge in [0.05, 0.1) is 12.3 Å². The van der Waals surface area contributed by atoms with Gasteiger partial charge in [0.1, 0.15) is 5.69 Å². The summed E-state index contributed by atoms with van der Waals surface area (Å²) in [6.45, 7) is 3.37. The van der Waals surface area contributed by atoms with Crippen molar-refractivity contribution in [3.63, 3.8) is 0 Å². The lowest BCUT2D eigenvalue weighted by atomic mass is 9.89. The summed E-state index contributed by atoms with van der Waals surface area (Å²) in [5, 5.41) is 10.5.